The van der Waals surface area contributed by atoms with E-state index in [2.05, 4.69) is 10.3 Å². The number of thiazole rings is 1. The maximum atomic E-state index is 5.70. The second-order valence-electron chi connectivity index (χ2n) is 3.78. The minimum absolute atomic E-state index is 0.464. The zero-order valence-corrected chi connectivity index (χ0v) is 11.3. The fourth-order valence-corrected chi connectivity index (χ4v) is 2.15. The van der Waals surface area contributed by atoms with Crippen molar-refractivity contribution >= 4 is 11.3 Å². The molecule has 1 heterocycles. The molecular weight excluding hydrogens is 248 g/mol. The van der Waals surface area contributed by atoms with E-state index in [9.17, 15) is 0 Å². The van der Waals surface area contributed by atoms with Gasteiger partial charge in [-0.25, -0.2) is 4.98 Å². The molecule has 0 aliphatic carbocycles. The average molecular weight is 264 g/mol. The van der Waals surface area contributed by atoms with Gasteiger partial charge in [-0.15, -0.1) is 11.3 Å². The van der Waals surface area contributed by atoms with E-state index in [1.165, 1.54) is 0 Å². The van der Waals surface area contributed by atoms with Crippen molar-refractivity contribution in [2.24, 2.45) is 0 Å². The van der Waals surface area contributed by atoms with E-state index in [1.54, 1.807) is 24.0 Å². The van der Waals surface area contributed by atoms with Gasteiger partial charge in [-0.2, -0.15) is 0 Å². The minimum Gasteiger partial charge on any atom is -0.493 e. The number of nitrogens with one attached hydrogen (secondary N) is 1. The van der Waals surface area contributed by atoms with E-state index in [-0.39, 0.29) is 0 Å². The monoisotopic (exact) mass is 264 g/mol. The highest BCUT2D eigenvalue weighted by molar-refractivity contribution is 7.07. The highest BCUT2D eigenvalue weighted by Crippen LogP contribution is 2.28. The molecule has 0 fully saturated rings. The predicted molar refractivity (Wildman–Crippen MR) is 72.2 cm³/mol. The Morgan fingerprint density at radius 3 is 2.89 bits per heavy atom. The normalized spacial score (nSPS) is 10.3. The molecule has 0 aliphatic rings. The van der Waals surface area contributed by atoms with E-state index < -0.39 is 0 Å². The van der Waals surface area contributed by atoms with Crippen LogP contribution >= 0.6 is 11.3 Å². The van der Waals surface area contributed by atoms with Gasteiger partial charge >= 0.3 is 0 Å². The second-order valence-corrected chi connectivity index (χ2v) is 4.50. The quantitative estimate of drug-likeness (QED) is 0.870. The molecule has 18 heavy (non-hydrogen) atoms. The summed E-state index contributed by atoms with van der Waals surface area (Å²) in [4.78, 5) is 4.18. The van der Waals surface area contributed by atoms with Crippen molar-refractivity contribution < 1.29 is 9.47 Å². The van der Waals surface area contributed by atoms with Crippen LogP contribution in [0.3, 0.4) is 0 Å². The molecule has 0 spiro atoms. The molecule has 0 atom stereocenters. The summed E-state index contributed by atoms with van der Waals surface area (Å²) in [5, 5.41) is 5.08. The number of aromatic nitrogens is 1. The van der Waals surface area contributed by atoms with E-state index in [1.807, 2.05) is 30.6 Å². The molecular formula is C13H16N2O2S. The second kappa shape index (κ2) is 6.37. The number of rotatable bonds is 6. The Hall–Kier alpha value is -1.59. The van der Waals surface area contributed by atoms with E-state index in [0.717, 1.165) is 29.3 Å². The van der Waals surface area contributed by atoms with Crippen LogP contribution in [0.1, 0.15) is 11.3 Å². The molecule has 0 saturated carbocycles. The van der Waals surface area contributed by atoms with Crippen LogP contribution in [-0.2, 0) is 13.2 Å². The van der Waals surface area contributed by atoms with Crippen molar-refractivity contribution in [1.29, 1.82) is 0 Å². The maximum Gasteiger partial charge on any atom is 0.161 e. The predicted octanol–water partition coefficient (Wildman–Crippen LogP) is 2.45. The summed E-state index contributed by atoms with van der Waals surface area (Å²) >= 11 is 1.56. The van der Waals surface area contributed by atoms with Gasteiger partial charge in [0.15, 0.2) is 11.5 Å². The first kappa shape index (κ1) is 12.9. The van der Waals surface area contributed by atoms with Crippen molar-refractivity contribution in [3.8, 4) is 11.5 Å². The standard InChI is InChI=1S/C13H16N2O2S/c1-14-6-10-3-4-12(13(5-10)16-2)17-7-11-8-18-9-15-11/h3-5,8-9,14H,6-7H2,1-2H3. The van der Waals surface area contributed by atoms with Crippen molar-refractivity contribution in [2.45, 2.75) is 13.2 Å². The lowest BCUT2D eigenvalue weighted by atomic mass is 10.2. The summed E-state index contributed by atoms with van der Waals surface area (Å²) in [5.74, 6) is 1.49. The van der Waals surface area contributed by atoms with Crippen LogP contribution in [0.4, 0.5) is 0 Å². The first-order valence-electron chi connectivity index (χ1n) is 5.65. The lowest BCUT2D eigenvalue weighted by Crippen LogP contribution is -2.05. The van der Waals surface area contributed by atoms with Gasteiger partial charge in [0.2, 0.25) is 0 Å². The van der Waals surface area contributed by atoms with Crippen molar-refractivity contribution in [2.75, 3.05) is 14.2 Å². The number of hydrogen-bond acceptors (Lipinski definition) is 5. The Morgan fingerprint density at radius 2 is 2.22 bits per heavy atom. The highest BCUT2D eigenvalue weighted by Gasteiger charge is 2.06. The Kier molecular flexibility index (Phi) is 4.55. The first-order chi connectivity index (χ1) is 8.83. The topological polar surface area (TPSA) is 43.4 Å². The summed E-state index contributed by atoms with van der Waals surface area (Å²) < 4.78 is 11.0. The molecule has 1 aromatic carbocycles. The van der Waals surface area contributed by atoms with Crippen LogP contribution in [-0.4, -0.2) is 19.1 Å². The molecule has 1 aromatic heterocycles. The summed E-state index contributed by atoms with van der Waals surface area (Å²) in [5.41, 5.74) is 3.89. The van der Waals surface area contributed by atoms with Gasteiger partial charge in [0.1, 0.15) is 6.61 Å². The largest absolute Gasteiger partial charge is 0.493 e. The molecule has 1 N–H and O–H groups in total. The van der Waals surface area contributed by atoms with Gasteiger partial charge < -0.3 is 14.8 Å². The minimum atomic E-state index is 0.464. The molecule has 0 unspecified atom stereocenters. The summed E-state index contributed by atoms with van der Waals surface area (Å²) in [7, 11) is 3.56. The zero-order chi connectivity index (χ0) is 12.8. The van der Waals surface area contributed by atoms with Crippen LogP contribution in [0, 0.1) is 0 Å². The third-order valence-electron chi connectivity index (χ3n) is 2.47. The van der Waals surface area contributed by atoms with Gasteiger partial charge in [0.05, 0.1) is 18.3 Å². The van der Waals surface area contributed by atoms with Gasteiger partial charge in [0.25, 0.3) is 0 Å². The number of nitrogens with zero attached hydrogens (tertiary/aromatic N) is 1. The first-order valence-corrected chi connectivity index (χ1v) is 6.59. The molecule has 0 radical (unpaired) electrons. The molecule has 0 amide bonds. The summed E-state index contributed by atoms with van der Waals surface area (Å²) in [6.07, 6.45) is 0. The number of benzene rings is 1. The summed E-state index contributed by atoms with van der Waals surface area (Å²) in [6, 6.07) is 5.93. The van der Waals surface area contributed by atoms with Crippen LogP contribution in [0.15, 0.2) is 29.1 Å². The molecule has 0 bridgehead atoms. The van der Waals surface area contributed by atoms with Gasteiger partial charge in [-0.05, 0) is 24.7 Å². The lowest BCUT2D eigenvalue weighted by molar-refractivity contribution is 0.281. The van der Waals surface area contributed by atoms with Crippen LogP contribution in [0.2, 0.25) is 0 Å². The molecule has 96 valence electrons. The van der Waals surface area contributed by atoms with Gasteiger partial charge in [-0.1, -0.05) is 6.07 Å². The Labute approximate surface area is 111 Å². The maximum absolute atomic E-state index is 5.70. The van der Waals surface area contributed by atoms with E-state index >= 15 is 0 Å². The fourth-order valence-electron chi connectivity index (χ4n) is 1.61. The average Bonchev–Trinajstić information content (AvgIpc) is 2.90. The summed E-state index contributed by atoms with van der Waals surface area (Å²) in [6.45, 7) is 1.27. The van der Waals surface area contributed by atoms with E-state index in [4.69, 9.17) is 9.47 Å². The third-order valence-corrected chi connectivity index (χ3v) is 3.10. The Morgan fingerprint density at radius 1 is 1.33 bits per heavy atom. The fraction of sp³-hybridized carbons (Fsp3) is 0.308. The third kappa shape index (κ3) is 3.21. The number of hydrogen-bond donors (Lipinski definition) is 1. The zero-order valence-electron chi connectivity index (χ0n) is 10.5. The molecule has 5 heteroatoms. The molecule has 2 rings (SSSR count). The van der Waals surface area contributed by atoms with Crippen molar-refractivity contribution in [3.05, 3.63) is 40.3 Å². The number of ether oxygens (including phenoxy) is 2. The highest BCUT2D eigenvalue weighted by atomic mass is 32.1. The molecule has 0 saturated heterocycles. The van der Waals surface area contributed by atoms with Crippen molar-refractivity contribution in [1.82, 2.24) is 10.3 Å². The Balaban J connectivity index is 2.07. The van der Waals surface area contributed by atoms with E-state index in [0.29, 0.717) is 6.61 Å². The van der Waals surface area contributed by atoms with Crippen LogP contribution in [0.25, 0.3) is 0 Å². The molecule has 2 aromatic rings. The van der Waals surface area contributed by atoms with Crippen LogP contribution < -0.4 is 14.8 Å². The molecule has 4 nitrogen and oxygen atoms in total. The van der Waals surface area contributed by atoms with Crippen LogP contribution in [0.5, 0.6) is 11.5 Å². The van der Waals surface area contributed by atoms with Gasteiger partial charge in [0, 0.05) is 11.9 Å². The lowest BCUT2D eigenvalue weighted by Gasteiger charge is -2.11. The van der Waals surface area contributed by atoms with Crippen molar-refractivity contribution in [3.63, 3.8) is 0 Å². The smallest absolute Gasteiger partial charge is 0.161 e. The number of methoxy groups -OCH3 is 1. The SMILES string of the molecule is CNCc1ccc(OCc2cscn2)c(OC)c1. The molecule has 0 aliphatic heterocycles. The Bertz CT molecular complexity index is 486. The van der Waals surface area contributed by atoms with Gasteiger partial charge in [-0.3, -0.25) is 0 Å².